The van der Waals surface area contributed by atoms with Gasteiger partial charge < -0.3 is 15.4 Å². The molecule has 0 bridgehead atoms. The average Bonchev–Trinajstić information content (AvgIpc) is 3.65. The van der Waals surface area contributed by atoms with E-state index in [0.717, 1.165) is 35.2 Å². The van der Waals surface area contributed by atoms with Crippen LogP contribution in [0.1, 0.15) is 52.4 Å². The highest BCUT2D eigenvalue weighted by molar-refractivity contribution is 6.21. The summed E-state index contributed by atoms with van der Waals surface area (Å²) in [5.41, 5.74) is 2.57. The van der Waals surface area contributed by atoms with Crippen LogP contribution in [0.5, 0.6) is 5.75 Å². The number of hydrogen-bond donors (Lipinski definition) is 2. The third kappa shape index (κ3) is 2.73. The number of para-hydroxylation sites is 2. The van der Waals surface area contributed by atoms with Gasteiger partial charge in [0.05, 0.1) is 18.1 Å². The fourth-order valence-electron chi connectivity index (χ4n) is 8.01. The van der Waals surface area contributed by atoms with E-state index in [9.17, 15) is 14.4 Å². The molecule has 198 valence electrons. The highest BCUT2D eigenvalue weighted by atomic mass is 16.5. The molecule has 2 amide bonds. The van der Waals surface area contributed by atoms with Gasteiger partial charge in [-0.05, 0) is 75.0 Å². The van der Waals surface area contributed by atoms with Crippen molar-refractivity contribution in [1.29, 1.82) is 0 Å². The summed E-state index contributed by atoms with van der Waals surface area (Å²) >= 11 is 0. The number of hydrogen-bond acceptors (Lipinski definition) is 5. The number of amides is 2. The van der Waals surface area contributed by atoms with Crippen LogP contribution >= 0.6 is 0 Å². The van der Waals surface area contributed by atoms with Crippen molar-refractivity contribution in [2.75, 3.05) is 23.8 Å². The van der Waals surface area contributed by atoms with E-state index in [-0.39, 0.29) is 23.6 Å². The van der Waals surface area contributed by atoms with Crippen molar-refractivity contribution < 1.29 is 19.1 Å². The number of Topliss-reactive ketones (excluding diaryl/α,β-unsaturated/α-hetero) is 1. The molecule has 3 aromatic carbocycles. The van der Waals surface area contributed by atoms with Gasteiger partial charge in [-0.15, -0.1) is 0 Å². The summed E-state index contributed by atoms with van der Waals surface area (Å²) < 4.78 is 5.89. The molecule has 2 fully saturated rings. The Kier molecular flexibility index (Phi) is 5.11. The van der Waals surface area contributed by atoms with Crippen LogP contribution in [-0.2, 0) is 20.5 Å². The molecule has 7 heteroatoms. The second kappa shape index (κ2) is 8.26. The zero-order valence-corrected chi connectivity index (χ0v) is 22.3. The highest BCUT2D eigenvalue weighted by Crippen LogP contribution is 2.68. The minimum atomic E-state index is -1.46. The summed E-state index contributed by atoms with van der Waals surface area (Å²) in [6.07, 6.45) is 1.57. The van der Waals surface area contributed by atoms with Gasteiger partial charge in [0.1, 0.15) is 16.7 Å². The molecule has 0 aromatic heterocycles. The van der Waals surface area contributed by atoms with E-state index in [0.29, 0.717) is 35.7 Å². The number of carbonyl (C=O) groups excluding carboxylic acids is 3. The number of benzene rings is 3. The summed E-state index contributed by atoms with van der Waals surface area (Å²) in [6.45, 7) is 6.94. The Balaban J connectivity index is 1.58. The van der Waals surface area contributed by atoms with Crippen LogP contribution < -0.4 is 15.4 Å². The summed E-state index contributed by atoms with van der Waals surface area (Å²) in [6, 6.07) is 18.5. The Hall–Kier alpha value is -3.97. The molecule has 0 saturated carbocycles. The maximum atomic E-state index is 14.9. The zero-order valence-electron chi connectivity index (χ0n) is 22.3. The molecule has 0 unspecified atom stereocenters. The number of anilines is 2. The number of fused-ring (bicyclic) bond motifs is 7. The Morgan fingerprint density at radius 2 is 1.74 bits per heavy atom. The summed E-state index contributed by atoms with van der Waals surface area (Å²) in [4.78, 5) is 46.2. The van der Waals surface area contributed by atoms with Gasteiger partial charge in [0.2, 0.25) is 5.91 Å². The van der Waals surface area contributed by atoms with E-state index in [2.05, 4.69) is 15.5 Å². The predicted octanol–water partition coefficient (Wildman–Crippen LogP) is 4.72. The second-order valence-corrected chi connectivity index (χ2v) is 11.1. The molecule has 4 aliphatic rings. The minimum Gasteiger partial charge on any atom is -0.493 e. The molecule has 0 aliphatic carbocycles. The second-order valence-electron chi connectivity index (χ2n) is 11.1. The minimum absolute atomic E-state index is 0.162. The fourth-order valence-corrected chi connectivity index (χ4v) is 8.01. The van der Waals surface area contributed by atoms with Crippen molar-refractivity contribution in [3.63, 3.8) is 0 Å². The van der Waals surface area contributed by atoms with Gasteiger partial charge in [0, 0.05) is 23.0 Å². The van der Waals surface area contributed by atoms with Gasteiger partial charge in [-0.25, -0.2) is 0 Å². The Labute approximate surface area is 227 Å². The molecule has 4 heterocycles. The number of aryl methyl sites for hydroxylation is 1. The van der Waals surface area contributed by atoms with Crippen LogP contribution in [0.2, 0.25) is 0 Å². The first kappa shape index (κ1) is 24.1. The van der Waals surface area contributed by atoms with Crippen molar-refractivity contribution >= 4 is 29.0 Å². The molecule has 3 aromatic rings. The van der Waals surface area contributed by atoms with Crippen LogP contribution in [0.25, 0.3) is 0 Å². The molecular weight excluding hydrogens is 490 g/mol. The van der Waals surface area contributed by atoms with Crippen LogP contribution in [0.3, 0.4) is 0 Å². The quantitative estimate of drug-likeness (QED) is 0.486. The van der Waals surface area contributed by atoms with Gasteiger partial charge in [-0.2, -0.15) is 0 Å². The van der Waals surface area contributed by atoms with Gasteiger partial charge >= 0.3 is 0 Å². The molecule has 2 saturated heterocycles. The normalized spacial score (nSPS) is 28.4. The number of ketones is 1. The first-order valence-electron chi connectivity index (χ1n) is 13.7. The van der Waals surface area contributed by atoms with E-state index in [1.54, 1.807) is 12.1 Å². The zero-order chi connectivity index (χ0) is 27.1. The van der Waals surface area contributed by atoms with Crippen LogP contribution in [-0.4, -0.2) is 41.7 Å². The summed E-state index contributed by atoms with van der Waals surface area (Å²) in [7, 11) is 0. The summed E-state index contributed by atoms with van der Waals surface area (Å²) in [5, 5.41) is 6.28. The van der Waals surface area contributed by atoms with E-state index >= 15 is 0 Å². The largest absolute Gasteiger partial charge is 0.493 e. The summed E-state index contributed by atoms with van der Waals surface area (Å²) in [5.74, 6) is -0.988. The topological polar surface area (TPSA) is 87.7 Å². The van der Waals surface area contributed by atoms with Crippen molar-refractivity contribution in [2.24, 2.45) is 5.92 Å². The first-order valence-corrected chi connectivity index (χ1v) is 13.7. The van der Waals surface area contributed by atoms with Crippen molar-refractivity contribution in [2.45, 2.75) is 50.6 Å². The average molecular weight is 522 g/mol. The lowest BCUT2D eigenvalue weighted by Crippen LogP contribution is -2.62. The predicted molar refractivity (Wildman–Crippen MR) is 148 cm³/mol. The van der Waals surface area contributed by atoms with Gasteiger partial charge in [0.25, 0.3) is 5.91 Å². The van der Waals surface area contributed by atoms with E-state index in [1.807, 2.05) is 69.3 Å². The molecule has 2 N–H and O–H groups in total. The standard InChI is InChI=1S/C32H31N3O4/c1-4-39-25-14-8-5-10-20(25)28(36)26-24-13-9-17-35(24)32(22-16-15-18(2)19(3)27(22)34-30(32)38)31(26)21-11-6-7-12-23(21)33-29(31)37/h5-8,10-12,14-16,24,26H,4,9,13,17H2,1-3H3,(H,33,37)(H,34,38)/t24-,26-,31+,32+/m0/s1. The lowest BCUT2D eigenvalue weighted by molar-refractivity contribution is -0.137. The van der Waals surface area contributed by atoms with Crippen LogP contribution in [0.4, 0.5) is 11.4 Å². The van der Waals surface area contributed by atoms with Crippen LogP contribution in [0, 0.1) is 19.8 Å². The lowest BCUT2D eigenvalue weighted by atomic mass is 9.57. The molecule has 4 atom stereocenters. The molecule has 39 heavy (non-hydrogen) atoms. The number of ether oxygens (including phenoxy) is 1. The number of rotatable bonds is 4. The maximum absolute atomic E-state index is 14.9. The van der Waals surface area contributed by atoms with E-state index in [4.69, 9.17) is 4.74 Å². The molecule has 7 nitrogen and oxygen atoms in total. The monoisotopic (exact) mass is 521 g/mol. The van der Waals surface area contributed by atoms with E-state index in [1.165, 1.54) is 0 Å². The third-order valence-corrected chi connectivity index (χ3v) is 9.54. The lowest BCUT2D eigenvalue weighted by Gasteiger charge is -2.43. The number of carbonyl (C=O) groups is 3. The van der Waals surface area contributed by atoms with Gasteiger partial charge in [0.15, 0.2) is 5.78 Å². The highest BCUT2D eigenvalue weighted by Gasteiger charge is 2.81. The number of nitrogens with one attached hydrogen (secondary N) is 2. The Morgan fingerprint density at radius 3 is 2.56 bits per heavy atom. The molecule has 7 rings (SSSR count). The molecule has 0 radical (unpaired) electrons. The molecule has 4 aliphatic heterocycles. The molecule has 2 spiro atoms. The van der Waals surface area contributed by atoms with Crippen molar-refractivity contribution in [1.82, 2.24) is 4.90 Å². The Morgan fingerprint density at radius 1 is 0.974 bits per heavy atom. The van der Waals surface area contributed by atoms with Crippen molar-refractivity contribution in [3.8, 4) is 5.75 Å². The van der Waals surface area contributed by atoms with Gasteiger partial charge in [-0.3, -0.25) is 19.3 Å². The molecular formula is C32H31N3O4. The number of nitrogens with zero attached hydrogens (tertiary/aromatic N) is 1. The van der Waals surface area contributed by atoms with Crippen LogP contribution in [0.15, 0.2) is 60.7 Å². The smallest absolute Gasteiger partial charge is 0.251 e. The van der Waals surface area contributed by atoms with Gasteiger partial charge in [-0.1, -0.05) is 42.5 Å². The maximum Gasteiger partial charge on any atom is 0.251 e. The van der Waals surface area contributed by atoms with Crippen molar-refractivity contribution in [3.05, 3.63) is 88.5 Å². The van der Waals surface area contributed by atoms with E-state index < -0.39 is 16.9 Å². The Bertz CT molecular complexity index is 1580. The first-order chi connectivity index (χ1) is 18.9. The fraction of sp³-hybridized carbons (Fsp3) is 0.344. The SMILES string of the molecule is CCOc1ccccc1C(=O)[C@@H]1[C@@H]2CCCN2[C@]2(C(=O)Nc3c2ccc(C)c3C)[C@@]12C(=O)Nc1ccccc12. The third-order valence-electron chi connectivity index (χ3n) is 9.54.